The van der Waals surface area contributed by atoms with E-state index in [1.807, 2.05) is 0 Å². The summed E-state index contributed by atoms with van der Waals surface area (Å²) in [6.07, 6.45) is -0.937. The Morgan fingerprint density at radius 2 is 1.95 bits per heavy atom. The average molecular weight is 312 g/mol. The van der Waals surface area contributed by atoms with Gasteiger partial charge in [0.2, 0.25) is 0 Å². The van der Waals surface area contributed by atoms with Gasteiger partial charge in [0.05, 0.1) is 16.0 Å². The Morgan fingerprint density at radius 1 is 1.29 bits per heavy atom. The summed E-state index contributed by atoms with van der Waals surface area (Å²) in [6, 6.07) is 7.43. The first-order valence-electron chi connectivity index (χ1n) is 5.98. The lowest BCUT2D eigenvalue weighted by molar-refractivity contribution is -0.384. The first-order chi connectivity index (χ1) is 9.88. The van der Waals surface area contributed by atoms with Gasteiger partial charge in [0.25, 0.3) is 5.69 Å². The number of nitrogens with zero attached hydrogens (tertiary/aromatic N) is 1. The van der Waals surface area contributed by atoms with E-state index in [-0.39, 0.29) is 27.8 Å². The maximum Gasteiger partial charge on any atom is 0.271 e. The van der Waals surface area contributed by atoms with Gasteiger partial charge in [-0.2, -0.15) is 0 Å². The highest BCUT2D eigenvalue weighted by atomic mass is 35.5. The lowest BCUT2D eigenvalue weighted by Crippen LogP contribution is -1.98. The zero-order valence-corrected chi connectivity index (χ0v) is 11.7. The number of benzene rings is 2. The standard InChI is InChI=1S/C14H11ClFNO4/c1-8(18)11-6-9(16)2-4-13(11)21-14-5-3-10(17(19)20)7-12(14)15/h2-8,18H,1H3/t8-/m0/s1. The molecule has 0 radical (unpaired) electrons. The highest BCUT2D eigenvalue weighted by Gasteiger charge is 2.15. The lowest BCUT2D eigenvalue weighted by atomic mass is 10.1. The molecule has 0 amide bonds. The van der Waals surface area contributed by atoms with Crippen LogP contribution in [-0.2, 0) is 0 Å². The smallest absolute Gasteiger partial charge is 0.271 e. The van der Waals surface area contributed by atoms with Gasteiger partial charge in [-0.25, -0.2) is 4.39 Å². The number of ether oxygens (including phenoxy) is 1. The van der Waals surface area contributed by atoms with E-state index in [4.69, 9.17) is 16.3 Å². The molecule has 1 N–H and O–H groups in total. The van der Waals surface area contributed by atoms with Crippen LogP contribution in [0.25, 0.3) is 0 Å². The normalized spacial score (nSPS) is 12.0. The number of non-ortho nitro benzene ring substituents is 1. The van der Waals surface area contributed by atoms with Crippen LogP contribution in [0.3, 0.4) is 0 Å². The molecule has 0 heterocycles. The molecule has 0 unspecified atom stereocenters. The van der Waals surface area contributed by atoms with Gasteiger partial charge < -0.3 is 9.84 Å². The molecule has 2 aromatic carbocycles. The molecule has 0 fully saturated rings. The second kappa shape index (κ2) is 6.07. The number of rotatable bonds is 4. The fraction of sp³-hybridized carbons (Fsp3) is 0.143. The second-order valence-electron chi connectivity index (χ2n) is 4.33. The van der Waals surface area contributed by atoms with Gasteiger partial charge in [-0.3, -0.25) is 10.1 Å². The number of halogens is 2. The van der Waals surface area contributed by atoms with E-state index in [2.05, 4.69) is 0 Å². The minimum absolute atomic E-state index is 0.0464. The lowest BCUT2D eigenvalue weighted by Gasteiger charge is -2.14. The van der Waals surface area contributed by atoms with Crippen molar-refractivity contribution in [1.29, 1.82) is 0 Å². The first kappa shape index (κ1) is 15.2. The predicted octanol–water partition coefficient (Wildman–Crippen LogP) is 4.23. The number of hydrogen-bond donors (Lipinski definition) is 1. The molecule has 2 rings (SSSR count). The highest BCUT2D eigenvalue weighted by Crippen LogP contribution is 2.35. The molecular weight excluding hydrogens is 301 g/mol. The van der Waals surface area contributed by atoms with Crippen LogP contribution in [0.4, 0.5) is 10.1 Å². The van der Waals surface area contributed by atoms with E-state index in [1.165, 1.54) is 31.2 Å². The third kappa shape index (κ3) is 3.48. The number of aliphatic hydroxyl groups is 1. The molecular formula is C14H11ClFNO4. The fourth-order valence-corrected chi connectivity index (χ4v) is 1.96. The third-order valence-corrected chi connectivity index (χ3v) is 3.06. The van der Waals surface area contributed by atoms with Crippen LogP contribution in [0.1, 0.15) is 18.6 Å². The zero-order chi connectivity index (χ0) is 15.6. The summed E-state index contributed by atoms with van der Waals surface area (Å²) < 4.78 is 18.7. The van der Waals surface area contributed by atoms with Crippen molar-refractivity contribution in [1.82, 2.24) is 0 Å². The summed E-state index contributed by atoms with van der Waals surface area (Å²) in [6.45, 7) is 1.47. The van der Waals surface area contributed by atoms with E-state index in [1.54, 1.807) is 0 Å². The quantitative estimate of drug-likeness (QED) is 0.677. The molecule has 110 valence electrons. The number of nitro benzene ring substituents is 1. The van der Waals surface area contributed by atoms with Crippen LogP contribution in [0.2, 0.25) is 5.02 Å². The van der Waals surface area contributed by atoms with Crippen molar-refractivity contribution in [2.45, 2.75) is 13.0 Å². The Bertz CT molecular complexity index is 691. The van der Waals surface area contributed by atoms with Gasteiger partial charge in [0.1, 0.15) is 17.3 Å². The van der Waals surface area contributed by atoms with Crippen LogP contribution < -0.4 is 4.74 Å². The summed E-state index contributed by atoms with van der Waals surface area (Å²) in [5, 5.41) is 20.3. The van der Waals surface area contributed by atoms with E-state index < -0.39 is 16.8 Å². The molecule has 0 aliphatic rings. The van der Waals surface area contributed by atoms with Crippen LogP contribution in [-0.4, -0.2) is 10.0 Å². The van der Waals surface area contributed by atoms with E-state index in [9.17, 15) is 19.6 Å². The Labute approximate surface area is 124 Å². The molecule has 21 heavy (non-hydrogen) atoms. The minimum Gasteiger partial charge on any atom is -0.455 e. The summed E-state index contributed by atoms with van der Waals surface area (Å²) in [5.41, 5.74) is 0.0895. The zero-order valence-electron chi connectivity index (χ0n) is 10.9. The Morgan fingerprint density at radius 3 is 2.52 bits per heavy atom. The highest BCUT2D eigenvalue weighted by molar-refractivity contribution is 6.32. The van der Waals surface area contributed by atoms with Crippen LogP contribution in [0.15, 0.2) is 36.4 Å². The molecule has 1 atom stereocenters. The average Bonchev–Trinajstić information content (AvgIpc) is 2.42. The monoisotopic (exact) mass is 311 g/mol. The van der Waals surface area contributed by atoms with Crippen molar-refractivity contribution in [3.8, 4) is 11.5 Å². The van der Waals surface area contributed by atoms with E-state index in [0.717, 1.165) is 12.1 Å². The van der Waals surface area contributed by atoms with Crippen molar-refractivity contribution in [3.63, 3.8) is 0 Å². The van der Waals surface area contributed by atoms with Gasteiger partial charge in [-0.05, 0) is 31.2 Å². The number of aliphatic hydroxyl groups excluding tert-OH is 1. The predicted molar refractivity (Wildman–Crippen MR) is 75.2 cm³/mol. The molecule has 0 saturated carbocycles. The maximum absolute atomic E-state index is 13.2. The van der Waals surface area contributed by atoms with Gasteiger partial charge in [-0.15, -0.1) is 0 Å². The SMILES string of the molecule is C[C@H](O)c1cc(F)ccc1Oc1ccc([N+](=O)[O-])cc1Cl. The summed E-state index contributed by atoms with van der Waals surface area (Å²) >= 11 is 5.92. The van der Waals surface area contributed by atoms with Crippen molar-refractivity contribution in [2.75, 3.05) is 0 Å². The largest absolute Gasteiger partial charge is 0.455 e. The minimum atomic E-state index is -0.937. The Balaban J connectivity index is 2.36. The fourth-order valence-electron chi connectivity index (χ4n) is 1.74. The van der Waals surface area contributed by atoms with Crippen molar-refractivity contribution in [2.24, 2.45) is 0 Å². The second-order valence-corrected chi connectivity index (χ2v) is 4.74. The van der Waals surface area contributed by atoms with Crippen molar-refractivity contribution >= 4 is 17.3 Å². The van der Waals surface area contributed by atoms with Crippen molar-refractivity contribution in [3.05, 3.63) is 62.9 Å². The molecule has 0 saturated heterocycles. The first-order valence-corrected chi connectivity index (χ1v) is 6.35. The third-order valence-electron chi connectivity index (χ3n) is 2.77. The molecule has 0 aliphatic heterocycles. The molecule has 2 aromatic rings. The topological polar surface area (TPSA) is 72.6 Å². The Hall–Kier alpha value is -2.18. The van der Waals surface area contributed by atoms with Gasteiger partial charge >= 0.3 is 0 Å². The van der Waals surface area contributed by atoms with Crippen molar-refractivity contribution < 1.29 is 19.2 Å². The molecule has 0 spiro atoms. The molecule has 0 aliphatic carbocycles. The van der Waals surface area contributed by atoms with Crippen LogP contribution in [0, 0.1) is 15.9 Å². The summed E-state index contributed by atoms with van der Waals surface area (Å²) in [4.78, 5) is 10.1. The summed E-state index contributed by atoms with van der Waals surface area (Å²) in [5.74, 6) is -0.106. The van der Waals surface area contributed by atoms with Gasteiger partial charge in [0.15, 0.2) is 0 Å². The van der Waals surface area contributed by atoms with E-state index >= 15 is 0 Å². The van der Waals surface area contributed by atoms with E-state index in [0.29, 0.717) is 0 Å². The van der Waals surface area contributed by atoms with Crippen LogP contribution >= 0.6 is 11.6 Å². The molecule has 5 nitrogen and oxygen atoms in total. The van der Waals surface area contributed by atoms with Gasteiger partial charge in [0, 0.05) is 17.7 Å². The number of hydrogen-bond acceptors (Lipinski definition) is 4. The maximum atomic E-state index is 13.2. The Kier molecular flexibility index (Phi) is 4.40. The van der Waals surface area contributed by atoms with Gasteiger partial charge in [-0.1, -0.05) is 11.6 Å². The molecule has 0 bridgehead atoms. The van der Waals surface area contributed by atoms with Crippen LogP contribution in [0.5, 0.6) is 11.5 Å². The number of nitro groups is 1. The molecule has 0 aromatic heterocycles. The summed E-state index contributed by atoms with van der Waals surface area (Å²) in [7, 11) is 0. The molecule has 7 heteroatoms.